The van der Waals surface area contributed by atoms with Gasteiger partial charge in [0.1, 0.15) is 11.0 Å². The van der Waals surface area contributed by atoms with Gasteiger partial charge in [0.25, 0.3) is 5.56 Å². The van der Waals surface area contributed by atoms with E-state index in [1.54, 1.807) is 0 Å². The van der Waals surface area contributed by atoms with Crippen LogP contribution in [0.2, 0.25) is 0 Å². The van der Waals surface area contributed by atoms with Crippen molar-refractivity contribution < 1.29 is 18.3 Å². The molecule has 2 rings (SSSR count). The fraction of sp³-hybridized carbons (Fsp3) is 0.600. The van der Waals surface area contributed by atoms with Crippen molar-refractivity contribution in [1.29, 1.82) is 0 Å². The van der Waals surface area contributed by atoms with E-state index < -0.39 is 23.8 Å². The number of nitrogens with one attached hydrogen (secondary N) is 1. The van der Waals surface area contributed by atoms with Gasteiger partial charge in [-0.1, -0.05) is 0 Å². The summed E-state index contributed by atoms with van der Waals surface area (Å²) in [6.07, 6.45) is -1.88. The van der Waals surface area contributed by atoms with Gasteiger partial charge in [0.15, 0.2) is 0 Å². The van der Waals surface area contributed by atoms with Crippen LogP contribution < -0.4 is 10.9 Å². The monoisotopic (exact) mass is 341 g/mol. The number of aromatic nitrogens is 2. The smallest absolute Gasteiger partial charge is 0.394 e. The molecular weight excluding hydrogens is 331 g/mol. The van der Waals surface area contributed by atoms with Gasteiger partial charge in [-0.3, -0.25) is 4.79 Å². The van der Waals surface area contributed by atoms with Crippen LogP contribution in [0.3, 0.4) is 0 Å². The average Bonchev–Trinajstić information content (AvgIpc) is 3.08. The minimum absolute atomic E-state index is 0.0218. The Kier molecular flexibility index (Phi) is 3.61. The van der Waals surface area contributed by atoms with Crippen molar-refractivity contribution in [3.8, 4) is 0 Å². The molecule has 0 aromatic carbocycles. The van der Waals surface area contributed by atoms with E-state index in [0.29, 0.717) is 4.68 Å². The number of nitrogens with zero attached hydrogens (tertiary/aromatic N) is 2. The zero-order chi connectivity index (χ0) is 14.3. The maximum Gasteiger partial charge on any atom is 0.408 e. The number of halogens is 4. The molecule has 1 aromatic rings. The molecule has 1 saturated carbocycles. The number of hydrogen-bond donors (Lipinski definition) is 2. The Hall–Kier alpha value is -1.09. The third kappa shape index (κ3) is 3.27. The Morgan fingerprint density at radius 1 is 1.53 bits per heavy atom. The maximum atomic E-state index is 12.2. The van der Waals surface area contributed by atoms with Crippen LogP contribution in [-0.4, -0.2) is 33.2 Å². The normalized spacial score (nSPS) is 17.3. The first kappa shape index (κ1) is 14.3. The first-order valence-electron chi connectivity index (χ1n) is 5.48. The largest absolute Gasteiger partial charge is 0.408 e. The van der Waals surface area contributed by atoms with Gasteiger partial charge in [0.2, 0.25) is 0 Å². The second-order valence-electron chi connectivity index (χ2n) is 4.51. The van der Waals surface area contributed by atoms with Gasteiger partial charge in [-0.25, -0.2) is 4.68 Å². The quantitative estimate of drug-likeness (QED) is 0.871. The molecule has 106 valence electrons. The molecule has 0 amide bonds. The molecule has 0 saturated heterocycles. The molecule has 9 heteroatoms. The highest BCUT2D eigenvalue weighted by atomic mass is 79.9. The fourth-order valence-corrected chi connectivity index (χ4v) is 2.00. The maximum absolute atomic E-state index is 12.2. The highest BCUT2D eigenvalue weighted by Crippen LogP contribution is 2.39. The molecular formula is C10H11BrF3N3O2. The first-order chi connectivity index (χ1) is 8.76. The van der Waals surface area contributed by atoms with Crippen LogP contribution in [0.25, 0.3) is 0 Å². The number of alkyl halides is 3. The van der Waals surface area contributed by atoms with Gasteiger partial charge in [0.05, 0.1) is 24.0 Å². The van der Waals surface area contributed by atoms with Crippen molar-refractivity contribution in [2.45, 2.75) is 31.1 Å². The number of aliphatic hydroxyl groups excluding tert-OH is 1. The van der Waals surface area contributed by atoms with Gasteiger partial charge in [-0.15, -0.1) is 0 Å². The molecule has 1 heterocycles. The lowest BCUT2D eigenvalue weighted by Gasteiger charge is -2.17. The number of anilines is 1. The van der Waals surface area contributed by atoms with Crippen molar-refractivity contribution in [2.75, 3.05) is 11.9 Å². The van der Waals surface area contributed by atoms with Crippen molar-refractivity contribution in [1.82, 2.24) is 9.78 Å². The van der Waals surface area contributed by atoms with Crippen LogP contribution in [-0.2, 0) is 6.54 Å². The topological polar surface area (TPSA) is 67.2 Å². The zero-order valence-corrected chi connectivity index (χ0v) is 11.3. The fourth-order valence-electron chi connectivity index (χ4n) is 1.59. The third-order valence-electron chi connectivity index (χ3n) is 2.87. The van der Waals surface area contributed by atoms with Crippen LogP contribution >= 0.6 is 15.9 Å². The van der Waals surface area contributed by atoms with E-state index in [1.165, 1.54) is 0 Å². The Labute approximate surface area is 114 Å². The Balaban J connectivity index is 2.25. The third-order valence-corrected chi connectivity index (χ3v) is 3.64. The number of rotatable bonds is 4. The molecule has 5 nitrogen and oxygen atoms in total. The summed E-state index contributed by atoms with van der Waals surface area (Å²) < 4.78 is 37.0. The van der Waals surface area contributed by atoms with Crippen LogP contribution in [0.4, 0.5) is 18.9 Å². The van der Waals surface area contributed by atoms with Gasteiger partial charge in [-0.05, 0) is 28.8 Å². The minimum atomic E-state index is -4.51. The van der Waals surface area contributed by atoms with E-state index >= 15 is 0 Å². The molecule has 0 radical (unpaired) electrons. The standard InChI is InChI=1S/C10H11BrF3N3O2/c11-7-6(16-9(5-18)1-2-9)3-15-17(8(7)19)4-10(12,13)14/h3,16,18H,1-2,4-5H2. The van der Waals surface area contributed by atoms with E-state index in [0.717, 1.165) is 19.0 Å². The van der Waals surface area contributed by atoms with Crippen LogP contribution in [0.5, 0.6) is 0 Å². The van der Waals surface area contributed by atoms with Gasteiger partial charge >= 0.3 is 6.18 Å². The molecule has 0 spiro atoms. The van der Waals surface area contributed by atoms with E-state index in [4.69, 9.17) is 5.11 Å². The Bertz CT molecular complexity index is 540. The van der Waals surface area contributed by atoms with Gasteiger partial charge in [0, 0.05) is 0 Å². The van der Waals surface area contributed by atoms with Crippen LogP contribution in [0.1, 0.15) is 12.8 Å². The zero-order valence-electron chi connectivity index (χ0n) is 9.67. The molecule has 0 atom stereocenters. The molecule has 1 fully saturated rings. The lowest BCUT2D eigenvalue weighted by molar-refractivity contribution is -0.143. The Morgan fingerprint density at radius 3 is 2.63 bits per heavy atom. The minimum Gasteiger partial charge on any atom is -0.394 e. The second kappa shape index (κ2) is 4.78. The molecule has 1 aliphatic carbocycles. The summed E-state index contributed by atoms with van der Waals surface area (Å²) in [5.41, 5.74) is -1.06. The highest BCUT2D eigenvalue weighted by Gasteiger charge is 2.42. The van der Waals surface area contributed by atoms with E-state index in [9.17, 15) is 18.0 Å². The molecule has 0 unspecified atom stereocenters. The van der Waals surface area contributed by atoms with Crippen molar-refractivity contribution in [3.05, 3.63) is 21.0 Å². The van der Waals surface area contributed by atoms with Crippen molar-refractivity contribution in [2.24, 2.45) is 0 Å². The number of aliphatic hydroxyl groups is 1. The first-order valence-corrected chi connectivity index (χ1v) is 6.27. The Morgan fingerprint density at radius 2 is 2.16 bits per heavy atom. The van der Waals surface area contributed by atoms with Crippen LogP contribution in [0.15, 0.2) is 15.5 Å². The molecule has 1 aromatic heterocycles. The highest BCUT2D eigenvalue weighted by molar-refractivity contribution is 9.10. The van der Waals surface area contributed by atoms with Crippen LogP contribution in [0, 0.1) is 0 Å². The van der Waals surface area contributed by atoms with Crippen molar-refractivity contribution in [3.63, 3.8) is 0 Å². The number of hydrogen-bond acceptors (Lipinski definition) is 4. The second-order valence-corrected chi connectivity index (χ2v) is 5.31. The summed E-state index contributed by atoms with van der Waals surface area (Å²) >= 11 is 2.96. The van der Waals surface area contributed by atoms with Gasteiger partial charge in [-0.2, -0.15) is 18.3 Å². The molecule has 2 N–H and O–H groups in total. The lowest BCUT2D eigenvalue weighted by Crippen LogP contribution is -2.33. The molecule has 19 heavy (non-hydrogen) atoms. The summed E-state index contributed by atoms with van der Waals surface area (Å²) in [7, 11) is 0. The van der Waals surface area contributed by atoms with E-state index in [1.807, 2.05) is 0 Å². The van der Waals surface area contributed by atoms with Crippen molar-refractivity contribution >= 4 is 21.6 Å². The predicted octanol–water partition coefficient (Wildman–Crippen LogP) is 1.50. The summed E-state index contributed by atoms with van der Waals surface area (Å²) in [6, 6.07) is 0. The summed E-state index contributed by atoms with van der Waals surface area (Å²) in [4.78, 5) is 11.7. The summed E-state index contributed by atoms with van der Waals surface area (Å²) in [6.45, 7) is -1.54. The van der Waals surface area contributed by atoms with E-state index in [-0.39, 0.29) is 16.8 Å². The summed E-state index contributed by atoms with van der Waals surface area (Å²) in [5, 5.41) is 15.6. The summed E-state index contributed by atoms with van der Waals surface area (Å²) in [5.74, 6) is 0. The molecule has 1 aliphatic rings. The lowest BCUT2D eigenvalue weighted by atomic mass is 10.3. The molecule has 0 aliphatic heterocycles. The van der Waals surface area contributed by atoms with Gasteiger partial charge < -0.3 is 10.4 Å². The van der Waals surface area contributed by atoms with E-state index in [2.05, 4.69) is 26.3 Å². The SMILES string of the molecule is O=c1c(Br)c(NC2(CO)CC2)cnn1CC(F)(F)F. The molecule has 0 bridgehead atoms. The predicted molar refractivity (Wildman–Crippen MR) is 64.9 cm³/mol. The average molecular weight is 342 g/mol.